The number of hydrogen-bond acceptors (Lipinski definition) is 8. The molecule has 0 heterocycles. The van der Waals surface area contributed by atoms with E-state index in [1.54, 1.807) is 48.5 Å². The summed E-state index contributed by atoms with van der Waals surface area (Å²) in [4.78, 5) is 0. The average molecular weight is 584 g/mol. The van der Waals surface area contributed by atoms with E-state index < -0.39 is 0 Å². The fourth-order valence-corrected chi connectivity index (χ4v) is 4.00. The van der Waals surface area contributed by atoms with Crippen molar-refractivity contribution in [2.24, 2.45) is 20.5 Å². The Morgan fingerprint density at radius 1 is 0.341 bits per heavy atom. The van der Waals surface area contributed by atoms with Gasteiger partial charge in [-0.15, -0.1) is 20.5 Å². The second-order valence-corrected chi connectivity index (χ2v) is 8.69. The fraction of sp³-hybridized carbons (Fsp3) is 0. The van der Waals surface area contributed by atoms with E-state index in [0.717, 1.165) is 21.5 Å². The molecule has 0 fully saturated rings. The smallest absolute Gasteiger partial charge is 0.143 e. The van der Waals surface area contributed by atoms with Crippen LogP contribution in [0.1, 0.15) is 0 Å². The van der Waals surface area contributed by atoms with Crippen molar-refractivity contribution in [2.45, 2.75) is 0 Å². The summed E-state index contributed by atoms with van der Waals surface area (Å²) in [6, 6.07) is 35.4. The van der Waals surface area contributed by atoms with Crippen LogP contribution in [0.2, 0.25) is 0 Å². The Morgan fingerprint density at radius 2 is 0.707 bits per heavy atom. The predicted octanol–water partition coefficient (Wildman–Crippen LogP) is 9.33. The second kappa shape index (κ2) is 13.2. The number of aromatic hydroxyl groups is 4. The molecule has 204 valence electrons. The van der Waals surface area contributed by atoms with Crippen LogP contribution in [0, 0.1) is 0 Å². The first-order valence-electron chi connectivity index (χ1n) is 12.3. The molecule has 0 atom stereocenters. The minimum Gasteiger partial charge on any atom is -0.506 e. The van der Waals surface area contributed by atoms with Crippen molar-refractivity contribution in [1.82, 2.24) is 0 Å². The molecule has 0 aliphatic heterocycles. The first-order valence-corrected chi connectivity index (χ1v) is 12.3. The van der Waals surface area contributed by atoms with Gasteiger partial charge in [0.25, 0.3) is 0 Å². The van der Waals surface area contributed by atoms with E-state index in [1.807, 2.05) is 60.7 Å². The average Bonchev–Trinajstić information content (AvgIpc) is 2.98. The Morgan fingerprint density at radius 3 is 1.12 bits per heavy atom. The molecule has 0 radical (unpaired) electrons. The molecule has 0 saturated heterocycles. The van der Waals surface area contributed by atoms with Crippen LogP contribution in [0.3, 0.4) is 0 Å². The van der Waals surface area contributed by atoms with Crippen LogP contribution < -0.4 is 0 Å². The number of nitrogens with zero attached hydrogens (tertiary/aromatic N) is 4. The van der Waals surface area contributed by atoms with Crippen molar-refractivity contribution in [3.8, 4) is 23.0 Å². The zero-order valence-electron chi connectivity index (χ0n) is 21.5. The van der Waals surface area contributed by atoms with E-state index in [0.29, 0.717) is 22.7 Å². The molecular formula is C32H24FeN4O4. The van der Waals surface area contributed by atoms with E-state index in [9.17, 15) is 20.4 Å². The number of hydrogen-bond donors (Lipinski definition) is 4. The van der Waals surface area contributed by atoms with Crippen molar-refractivity contribution in [3.63, 3.8) is 0 Å². The number of fused-ring (bicyclic) bond motifs is 2. The summed E-state index contributed by atoms with van der Waals surface area (Å²) < 4.78 is 0. The maximum atomic E-state index is 9.94. The normalized spacial score (nSPS) is 10.9. The summed E-state index contributed by atoms with van der Waals surface area (Å²) in [5.74, 6) is 0.220. The van der Waals surface area contributed by atoms with Gasteiger partial charge in [-0.3, -0.25) is 0 Å². The maximum absolute atomic E-state index is 9.94. The van der Waals surface area contributed by atoms with Crippen LogP contribution in [0.25, 0.3) is 21.5 Å². The van der Waals surface area contributed by atoms with Gasteiger partial charge in [0.05, 0.1) is 0 Å². The van der Waals surface area contributed by atoms with Crippen LogP contribution in [0.4, 0.5) is 22.7 Å². The molecule has 6 aromatic rings. The van der Waals surface area contributed by atoms with Gasteiger partial charge in [-0.1, -0.05) is 84.9 Å². The largest absolute Gasteiger partial charge is 0.506 e. The predicted molar refractivity (Wildman–Crippen MR) is 156 cm³/mol. The Bertz CT molecular complexity index is 1740. The van der Waals surface area contributed by atoms with Crippen molar-refractivity contribution < 1.29 is 37.5 Å². The van der Waals surface area contributed by atoms with E-state index in [2.05, 4.69) is 20.5 Å². The summed E-state index contributed by atoms with van der Waals surface area (Å²) in [7, 11) is 0. The Balaban J connectivity index is 0.000000184. The van der Waals surface area contributed by atoms with Crippen LogP contribution in [-0.2, 0) is 17.1 Å². The number of rotatable bonds is 4. The summed E-state index contributed by atoms with van der Waals surface area (Å²) in [5.41, 5.74) is 1.51. The van der Waals surface area contributed by atoms with Crippen LogP contribution in [0.15, 0.2) is 142 Å². The fourth-order valence-electron chi connectivity index (χ4n) is 4.00. The van der Waals surface area contributed by atoms with Crippen LogP contribution >= 0.6 is 0 Å². The molecule has 0 amide bonds. The van der Waals surface area contributed by atoms with Gasteiger partial charge in [-0.2, -0.15) is 0 Å². The van der Waals surface area contributed by atoms with Gasteiger partial charge in [-0.25, -0.2) is 0 Å². The van der Waals surface area contributed by atoms with Crippen LogP contribution in [-0.4, -0.2) is 20.4 Å². The van der Waals surface area contributed by atoms with Crippen molar-refractivity contribution in [2.75, 3.05) is 0 Å². The molecular weight excluding hydrogens is 560 g/mol. The van der Waals surface area contributed by atoms with Crippen molar-refractivity contribution >= 4 is 44.3 Å². The Hall–Kier alpha value is -5.24. The van der Waals surface area contributed by atoms with Crippen LogP contribution in [0.5, 0.6) is 23.0 Å². The SMILES string of the molecule is Oc1ccccc1N=Nc1c(O)ccc2ccccc12.Oc1ccccc1N=Nc1c(O)ccc2ccccc12.[Fe]. The first kappa shape index (κ1) is 28.8. The van der Waals surface area contributed by atoms with Gasteiger partial charge in [0.15, 0.2) is 0 Å². The number of phenolic OH excluding ortho intramolecular Hbond substituents is 4. The van der Waals surface area contributed by atoms with E-state index in [4.69, 9.17) is 0 Å². The summed E-state index contributed by atoms with van der Waals surface area (Å²) in [5, 5.41) is 58.9. The van der Waals surface area contributed by atoms with Gasteiger partial charge >= 0.3 is 0 Å². The molecule has 6 aromatic carbocycles. The molecule has 8 nitrogen and oxygen atoms in total. The number of phenols is 4. The molecule has 0 unspecified atom stereocenters. The summed E-state index contributed by atoms with van der Waals surface area (Å²) in [6.07, 6.45) is 0. The Labute approximate surface area is 246 Å². The zero-order chi connectivity index (χ0) is 27.9. The van der Waals surface area contributed by atoms with Crippen molar-refractivity contribution in [3.05, 3.63) is 121 Å². The van der Waals surface area contributed by atoms with Gasteiger partial charge < -0.3 is 20.4 Å². The third-order valence-electron chi connectivity index (χ3n) is 6.04. The monoisotopic (exact) mass is 584 g/mol. The maximum Gasteiger partial charge on any atom is 0.143 e. The molecule has 4 N–H and O–H groups in total. The topological polar surface area (TPSA) is 130 Å². The minimum absolute atomic E-state index is 0. The quantitative estimate of drug-likeness (QED) is 0.121. The molecule has 0 saturated carbocycles. The van der Waals surface area contributed by atoms with E-state index in [-0.39, 0.29) is 40.1 Å². The third-order valence-corrected chi connectivity index (χ3v) is 6.04. The first-order chi connectivity index (χ1) is 19.5. The van der Waals surface area contributed by atoms with Crippen molar-refractivity contribution in [1.29, 1.82) is 0 Å². The summed E-state index contributed by atoms with van der Waals surface area (Å²) >= 11 is 0. The molecule has 0 aromatic heterocycles. The Kier molecular flexibility index (Phi) is 9.27. The van der Waals surface area contributed by atoms with Gasteiger partial charge in [0.2, 0.25) is 0 Å². The standard InChI is InChI=1S/2C16H12N2O2.Fe/c2*19-14-8-4-3-7-13(14)17-18-16-12-6-2-1-5-11(12)9-10-15(16)20;/h2*1-10,19-20H;. The van der Waals surface area contributed by atoms with E-state index in [1.165, 1.54) is 12.1 Å². The molecule has 9 heteroatoms. The molecule has 0 aliphatic carbocycles. The van der Waals surface area contributed by atoms with Gasteiger partial charge in [-0.05, 0) is 47.2 Å². The zero-order valence-corrected chi connectivity index (χ0v) is 22.6. The third kappa shape index (κ3) is 6.67. The minimum atomic E-state index is 0. The summed E-state index contributed by atoms with van der Waals surface area (Å²) in [6.45, 7) is 0. The van der Waals surface area contributed by atoms with Gasteiger partial charge in [0, 0.05) is 27.8 Å². The molecule has 6 rings (SSSR count). The molecule has 0 aliphatic rings. The number of azo groups is 2. The van der Waals surface area contributed by atoms with E-state index >= 15 is 0 Å². The molecule has 41 heavy (non-hydrogen) atoms. The molecule has 0 spiro atoms. The molecule has 0 bridgehead atoms. The number of para-hydroxylation sites is 2. The second-order valence-electron chi connectivity index (χ2n) is 8.69. The number of benzene rings is 6. The van der Waals surface area contributed by atoms with Gasteiger partial charge in [0.1, 0.15) is 45.7 Å².